The molecule has 7 heteroatoms. The number of rotatable bonds is 8. The highest BCUT2D eigenvalue weighted by Crippen LogP contribution is 2.15. The molecule has 0 amide bonds. The molecule has 0 aliphatic heterocycles. The van der Waals surface area contributed by atoms with Crippen molar-refractivity contribution in [2.45, 2.75) is 26.2 Å². The van der Waals surface area contributed by atoms with E-state index in [-0.39, 0.29) is 12.3 Å². The number of hydrogen-bond acceptors (Lipinski definition) is 5. The molecule has 21 heavy (non-hydrogen) atoms. The molecule has 1 aromatic carbocycles. The number of aromatic nitrogens is 2. The third kappa shape index (κ3) is 4.95. The first-order valence-electron chi connectivity index (χ1n) is 6.96. The quantitative estimate of drug-likeness (QED) is 0.806. The van der Waals surface area contributed by atoms with Crippen LogP contribution in [0, 0.1) is 0 Å². The van der Waals surface area contributed by atoms with Gasteiger partial charge in [-0.3, -0.25) is 0 Å². The van der Waals surface area contributed by atoms with E-state index >= 15 is 0 Å². The first kappa shape index (κ1) is 15.7. The average Bonchev–Trinajstić information content (AvgIpc) is 2.95. The van der Waals surface area contributed by atoms with Crippen LogP contribution in [-0.2, 0) is 16.4 Å². The highest BCUT2D eigenvalue weighted by atomic mass is 32.2. The average molecular weight is 309 g/mol. The predicted molar refractivity (Wildman–Crippen MR) is 80.1 cm³/mol. The fourth-order valence-electron chi connectivity index (χ4n) is 1.78. The molecule has 2 rings (SSSR count). The van der Waals surface area contributed by atoms with Gasteiger partial charge in [-0.25, -0.2) is 13.1 Å². The van der Waals surface area contributed by atoms with Crippen molar-refractivity contribution in [2.24, 2.45) is 0 Å². The molecule has 0 unspecified atom stereocenters. The van der Waals surface area contributed by atoms with Crippen LogP contribution in [0.15, 0.2) is 34.9 Å². The van der Waals surface area contributed by atoms with Gasteiger partial charge in [0.2, 0.25) is 10.0 Å². The second-order valence-electron chi connectivity index (χ2n) is 4.70. The Kier molecular flexibility index (Phi) is 5.46. The monoisotopic (exact) mass is 309 g/mol. The lowest BCUT2D eigenvalue weighted by atomic mass is 10.2. The van der Waals surface area contributed by atoms with Crippen LogP contribution in [0.1, 0.15) is 25.6 Å². The Morgan fingerprint density at radius 1 is 1.24 bits per heavy atom. The zero-order valence-corrected chi connectivity index (χ0v) is 12.8. The summed E-state index contributed by atoms with van der Waals surface area (Å²) in [5.74, 6) is 1.09. The van der Waals surface area contributed by atoms with E-state index in [1.54, 1.807) is 0 Å². The molecule has 1 heterocycles. The summed E-state index contributed by atoms with van der Waals surface area (Å²) in [4.78, 5) is 4.25. The Labute approximate surface area is 124 Å². The molecule has 0 spiro atoms. The Hall–Kier alpha value is -1.73. The maximum atomic E-state index is 11.6. The number of unbranched alkanes of at least 4 members (excludes halogenated alkanes) is 1. The highest BCUT2D eigenvalue weighted by molar-refractivity contribution is 7.89. The highest BCUT2D eigenvalue weighted by Gasteiger charge is 2.11. The summed E-state index contributed by atoms with van der Waals surface area (Å²) < 4.78 is 31.0. The molecular formula is C14H19N3O3S. The van der Waals surface area contributed by atoms with Gasteiger partial charge in [0.1, 0.15) is 0 Å². The van der Waals surface area contributed by atoms with Crippen molar-refractivity contribution in [1.29, 1.82) is 0 Å². The van der Waals surface area contributed by atoms with Gasteiger partial charge in [0.25, 0.3) is 5.89 Å². The maximum absolute atomic E-state index is 11.6. The molecule has 0 aliphatic carbocycles. The summed E-state index contributed by atoms with van der Waals surface area (Å²) in [5, 5.41) is 3.85. The summed E-state index contributed by atoms with van der Waals surface area (Å²) in [7, 11) is -3.20. The van der Waals surface area contributed by atoms with Gasteiger partial charge >= 0.3 is 0 Å². The molecular weight excluding hydrogens is 290 g/mol. The van der Waals surface area contributed by atoms with Crippen LogP contribution in [0.2, 0.25) is 0 Å². The molecule has 0 fully saturated rings. The summed E-state index contributed by atoms with van der Waals surface area (Å²) >= 11 is 0. The molecule has 0 aliphatic rings. The van der Waals surface area contributed by atoms with Gasteiger partial charge in [-0.2, -0.15) is 4.98 Å². The lowest BCUT2D eigenvalue weighted by Gasteiger charge is -2.03. The van der Waals surface area contributed by atoms with Crippen LogP contribution in [0.5, 0.6) is 0 Å². The number of hydrogen-bond donors (Lipinski definition) is 1. The van der Waals surface area contributed by atoms with Gasteiger partial charge in [-0.1, -0.05) is 36.7 Å². The minimum atomic E-state index is -3.20. The molecule has 0 saturated carbocycles. The van der Waals surface area contributed by atoms with Gasteiger partial charge in [-0.15, -0.1) is 0 Å². The number of sulfonamides is 1. The summed E-state index contributed by atoms with van der Waals surface area (Å²) in [5.41, 5.74) is 0.847. The van der Waals surface area contributed by atoms with Crippen LogP contribution in [0.4, 0.5) is 0 Å². The van der Waals surface area contributed by atoms with Crippen molar-refractivity contribution in [3.8, 4) is 11.5 Å². The van der Waals surface area contributed by atoms with Crippen molar-refractivity contribution >= 4 is 10.0 Å². The van der Waals surface area contributed by atoms with E-state index in [9.17, 15) is 8.42 Å². The second kappa shape index (κ2) is 7.33. The molecule has 2 aromatic rings. The summed E-state index contributed by atoms with van der Waals surface area (Å²) in [6.45, 7) is 2.24. The lowest BCUT2D eigenvalue weighted by Crippen LogP contribution is -2.28. The molecule has 0 saturated heterocycles. The van der Waals surface area contributed by atoms with E-state index in [0.717, 1.165) is 12.0 Å². The van der Waals surface area contributed by atoms with Crippen molar-refractivity contribution in [2.75, 3.05) is 12.3 Å². The topological polar surface area (TPSA) is 85.1 Å². The van der Waals surface area contributed by atoms with Gasteiger partial charge in [-0.05, 0) is 18.6 Å². The van der Waals surface area contributed by atoms with E-state index in [2.05, 4.69) is 14.9 Å². The van der Waals surface area contributed by atoms with E-state index in [1.807, 2.05) is 37.3 Å². The second-order valence-corrected chi connectivity index (χ2v) is 6.62. The normalized spacial score (nSPS) is 11.7. The van der Waals surface area contributed by atoms with Crippen LogP contribution in [0.25, 0.3) is 11.5 Å². The fraction of sp³-hybridized carbons (Fsp3) is 0.429. The largest absolute Gasteiger partial charge is 0.334 e. The van der Waals surface area contributed by atoms with E-state index in [0.29, 0.717) is 24.6 Å². The lowest BCUT2D eigenvalue weighted by molar-refractivity contribution is 0.422. The Morgan fingerprint density at radius 3 is 2.71 bits per heavy atom. The SMILES string of the molecule is CCCCS(=O)(=O)NCCc1noc(-c2ccccc2)n1. The van der Waals surface area contributed by atoms with Crippen molar-refractivity contribution in [1.82, 2.24) is 14.9 Å². The van der Waals surface area contributed by atoms with E-state index in [4.69, 9.17) is 4.52 Å². The van der Waals surface area contributed by atoms with Crippen LogP contribution < -0.4 is 4.72 Å². The molecule has 6 nitrogen and oxygen atoms in total. The van der Waals surface area contributed by atoms with Crippen molar-refractivity contribution in [3.63, 3.8) is 0 Å². The molecule has 0 atom stereocenters. The molecule has 1 N–H and O–H groups in total. The first-order valence-corrected chi connectivity index (χ1v) is 8.61. The minimum Gasteiger partial charge on any atom is -0.334 e. The summed E-state index contributed by atoms with van der Waals surface area (Å²) in [6, 6.07) is 9.45. The smallest absolute Gasteiger partial charge is 0.257 e. The third-order valence-electron chi connectivity index (χ3n) is 2.93. The summed E-state index contributed by atoms with van der Waals surface area (Å²) in [6.07, 6.45) is 1.92. The van der Waals surface area contributed by atoms with Gasteiger partial charge < -0.3 is 4.52 Å². The Balaban J connectivity index is 1.86. The zero-order chi connectivity index (χ0) is 15.1. The molecule has 0 bridgehead atoms. The van der Waals surface area contributed by atoms with Gasteiger partial charge in [0.05, 0.1) is 5.75 Å². The standard InChI is InChI=1S/C14H19N3O3S/c1-2-3-11-21(18,19)15-10-9-13-16-14(20-17-13)12-7-5-4-6-8-12/h4-8,15H,2-3,9-11H2,1H3. The molecule has 0 radical (unpaired) electrons. The third-order valence-corrected chi connectivity index (χ3v) is 4.40. The van der Waals surface area contributed by atoms with Gasteiger partial charge in [0.15, 0.2) is 5.82 Å². The Bertz CT molecular complexity index is 653. The number of nitrogens with zero attached hydrogens (tertiary/aromatic N) is 2. The molecule has 1 aromatic heterocycles. The number of nitrogens with one attached hydrogen (secondary N) is 1. The van der Waals surface area contributed by atoms with Crippen LogP contribution in [-0.4, -0.2) is 30.9 Å². The van der Waals surface area contributed by atoms with Crippen LogP contribution in [0.3, 0.4) is 0 Å². The minimum absolute atomic E-state index is 0.158. The fourth-order valence-corrected chi connectivity index (χ4v) is 3.00. The van der Waals surface area contributed by atoms with Crippen molar-refractivity contribution in [3.05, 3.63) is 36.2 Å². The van der Waals surface area contributed by atoms with Crippen LogP contribution >= 0.6 is 0 Å². The zero-order valence-electron chi connectivity index (χ0n) is 11.9. The maximum Gasteiger partial charge on any atom is 0.257 e. The Morgan fingerprint density at radius 2 is 2.00 bits per heavy atom. The predicted octanol–water partition coefficient (Wildman–Crippen LogP) is 2.00. The van der Waals surface area contributed by atoms with Crippen molar-refractivity contribution < 1.29 is 12.9 Å². The van der Waals surface area contributed by atoms with E-state index in [1.165, 1.54) is 0 Å². The van der Waals surface area contributed by atoms with E-state index < -0.39 is 10.0 Å². The van der Waals surface area contributed by atoms with Gasteiger partial charge in [0, 0.05) is 18.5 Å². The number of benzene rings is 1. The first-order chi connectivity index (χ1) is 10.1. The molecule has 114 valence electrons.